The van der Waals surface area contributed by atoms with Crippen molar-refractivity contribution in [2.45, 2.75) is 20.0 Å². The van der Waals surface area contributed by atoms with Crippen LogP contribution in [-0.4, -0.2) is 22.0 Å². The Labute approximate surface area is 173 Å². The standard InChI is InChI=1S/C24H20N2O4/c1-16(2)28-18-7-5-6-17(14-18)9-12-23(27)29-19-10-11-20-22(15-19)30-24(26-20)21-8-3-4-13-25-21/h3-16H,1-2H3/b12-9+. The first-order valence-electron chi connectivity index (χ1n) is 9.55. The molecule has 0 atom stereocenters. The number of esters is 1. The van der Waals surface area contributed by atoms with Gasteiger partial charge < -0.3 is 13.9 Å². The van der Waals surface area contributed by atoms with Crippen LogP contribution in [0.4, 0.5) is 0 Å². The molecule has 2 heterocycles. The van der Waals surface area contributed by atoms with Crippen LogP contribution in [0, 0.1) is 0 Å². The molecular weight excluding hydrogens is 380 g/mol. The van der Waals surface area contributed by atoms with E-state index in [1.165, 1.54) is 6.08 Å². The minimum Gasteiger partial charge on any atom is -0.491 e. The van der Waals surface area contributed by atoms with Crippen LogP contribution in [0.1, 0.15) is 19.4 Å². The number of hydrogen-bond donors (Lipinski definition) is 0. The molecule has 0 saturated heterocycles. The maximum Gasteiger partial charge on any atom is 0.336 e. The van der Waals surface area contributed by atoms with E-state index < -0.39 is 5.97 Å². The van der Waals surface area contributed by atoms with E-state index in [0.29, 0.717) is 28.4 Å². The van der Waals surface area contributed by atoms with Crippen molar-refractivity contribution in [3.8, 4) is 23.1 Å². The molecule has 4 aromatic rings. The molecule has 0 radical (unpaired) electrons. The molecule has 4 rings (SSSR count). The van der Waals surface area contributed by atoms with E-state index in [1.807, 2.05) is 56.3 Å². The summed E-state index contributed by atoms with van der Waals surface area (Å²) in [6.45, 7) is 3.93. The van der Waals surface area contributed by atoms with Gasteiger partial charge in [-0.2, -0.15) is 0 Å². The molecule has 0 aliphatic rings. The van der Waals surface area contributed by atoms with E-state index in [9.17, 15) is 4.79 Å². The van der Waals surface area contributed by atoms with Crippen LogP contribution >= 0.6 is 0 Å². The third kappa shape index (κ3) is 4.72. The molecule has 6 heteroatoms. The highest BCUT2D eigenvalue weighted by molar-refractivity contribution is 5.89. The summed E-state index contributed by atoms with van der Waals surface area (Å²) in [5.74, 6) is 1.05. The molecule has 0 fully saturated rings. The number of pyridine rings is 1. The minimum atomic E-state index is -0.492. The van der Waals surface area contributed by atoms with Crippen LogP contribution < -0.4 is 9.47 Å². The number of ether oxygens (including phenoxy) is 2. The summed E-state index contributed by atoms with van der Waals surface area (Å²) in [4.78, 5) is 20.9. The Bertz CT molecular complexity index is 1200. The normalized spacial score (nSPS) is 11.3. The highest BCUT2D eigenvalue weighted by atomic mass is 16.5. The maximum absolute atomic E-state index is 12.2. The zero-order chi connectivity index (χ0) is 20.9. The molecule has 150 valence electrons. The molecule has 0 saturated carbocycles. The fraction of sp³-hybridized carbons (Fsp3) is 0.125. The number of hydrogen-bond acceptors (Lipinski definition) is 6. The summed E-state index contributed by atoms with van der Waals surface area (Å²) < 4.78 is 16.8. The number of rotatable bonds is 6. The van der Waals surface area contributed by atoms with Crippen molar-refractivity contribution in [2.75, 3.05) is 0 Å². The van der Waals surface area contributed by atoms with E-state index >= 15 is 0 Å². The molecule has 6 nitrogen and oxygen atoms in total. The molecule has 0 unspecified atom stereocenters. The van der Waals surface area contributed by atoms with Crippen molar-refractivity contribution < 1.29 is 18.7 Å². The Morgan fingerprint density at radius 3 is 2.73 bits per heavy atom. The van der Waals surface area contributed by atoms with E-state index in [2.05, 4.69) is 9.97 Å². The maximum atomic E-state index is 12.2. The van der Waals surface area contributed by atoms with E-state index in [0.717, 1.165) is 11.3 Å². The van der Waals surface area contributed by atoms with Crippen LogP contribution in [0.5, 0.6) is 11.5 Å². The van der Waals surface area contributed by atoms with Crippen molar-refractivity contribution in [1.82, 2.24) is 9.97 Å². The summed E-state index contributed by atoms with van der Waals surface area (Å²) in [7, 11) is 0. The second kappa shape index (κ2) is 8.61. The molecule has 30 heavy (non-hydrogen) atoms. The monoisotopic (exact) mass is 400 g/mol. The van der Waals surface area contributed by atoms with Crippen molar-refractivity contribution in [2.24, 2.45) is 0 Å². The van der Waals surface area contributed by atoms with E-state index in [1.54, 1.807) is 30.5 Å². The first kappa shape index (κ1) is 19.4. The van der Waals surface area contributed by atoms with Gasteiger partial charge in [-0.1, -0.05) is 18.2 Å². The van der Waals surface area contributed by atoms with Gasteiger partial charge in [-0.25, -0.2) is 9.78 Å². The molecule has 0 bridgehead atoms. The zero-order valence-corrected chi connectivity index (χ0v) is 16.6. The summed E-state index contributed by atoms with van der Waals surface area (Å²) in [6, 6.07) is 18.1. The lowest BCUT2D eigenvalue weighted by atomic mass is 10.2. The quantitative estimate of drug-likeness (QED) is 0.248. The largest absolute Gasteiger partial charge is 0.491 e. The lowest BCUT2D eigenvalue weighted by Gasteiger charge is -2.09. The van der Waals surface area contributed by atoms with Gasteiger partial charge in [0.25, 0.3) is 0 Å². The molecular formula is C24H20N2O4. The highest BCUT2D eigenvalue weighted by Crippen LogP contribution is 2.26. The predicted octanol–water partition coefficient (Wildman–Crippen LogP) is 5.30. The SMILES string of the molecule is CC(C)Oc1cccc(/C=C/C(=O)Oc2ccc3nc(-c4ccccn4)oc3c2)c1. The minimum absolute atomic E-state index is 0.0818. The average Bonchev–Trinajstić information content (AvgIpc) is 3.16. The Kier molecular flexibility index (Phi) is 5.57. The summed E-state index contributed by atoms with van der Waals surface area (Å²) in [6.07, 6.45) is 4.81. The first-order chi connectivity index (χ1) is 14.6. The number of benzene rings is 2. The highest BCUT2D eigenvalue weighted by Gasteiger charge is 2.11. The number of oxazole rings is 1. The first-order valence-corrected chi connectivity index (χ1v) is 9.55. The molecule has 0 N–H and O–H groups in total. The molecule has 2 aromatic heterocycles. The topological polar surface area (TPSA) is 74.5 Å². The average molecular weight is 400 g/mol. The Morgan fingerprint density at radius 2 is 1.93 bits per heavy atom. The van der Waals surface area contributed by atoms with Gasteiger partial charge in [0.15, 0.2) is 5.58 Å². The smallest absolute Gasteiger partial charge is 0.336 e. The van der Waals surface area contributed by atoms with Gasteiger partial charge in [0.05, 0.1) is 6.10 Å². The van der Waals surface area contributed by atoms with Crippen LogP contribution in [0.25, 0.3) is 28.8 Å². The van der Waals surface area contributed by atoms with Gasteiger partial charge >= 0.3 is 5.97 Å². The van der Waals surface area contributed by atoms with Gasteiger partial charge in [0.2, 0.25) is 5.89 Å². The van der Waals surface area contributed by atoms with Gasteiger partial charge in [-0.15, -0.1) is 0 Å². The zero-order valence-electron chi connectivity index (χ0n) is 16.6. The van der Waals surface area contributed by atoms with Crippen molar-refractivity contribution in [3.05, 3.63) is 78.5 Å². The number of aromatic nitrogens is 2. The number of carbonyl (C=O) groups excluding carboxylic acids is 1. The predicted molar refractivity (Wildman–Crippen MR) is 114 cm³/mol. The van der Waals surface area contributed by atoms with Gasteiger partial charge in [-0.3, -0.25) is 4.98 Å². The van der Waals surface area contributed by atoms with Gasteiger partial charge in [0.1, 0.15) is 22.7 Å². The number of carbonyl (C=O) groups is 1. The second-order valence-corrected chi connectivity index (χ2v) is 6.86. The lowest BCUT2D eigenvalue weighted by Crippen LogP contribution is -2.05. The fourth-order valence-corrected chi connectivity index (χ4v) is 2.85. The summed E-state index contributed by atoms with van der Waals surface area (Å²) >= 11 is 0. The third-order valence-corrected chi connectivity index (χ3v) is 4.10. The van der Waals surface area contributed by atoms with Crippen LogP contribution in [0.2, 0.25) is 0 Å². The molecule has 0 amide bonds. The lowest BCUT2D eigenvalue weighted by molar-refractivity contribution is -0.128. The number of nitrogens with zero attached hydrogens (tertiary/aromatic N) is 2. The Hall–Kier alpha value is -3.93. The third-order valence-electron chi connectivity index (χ3n) is 4.10. The molecule has 0 aliphatic heterocycles. The number of fused-ring (bicyclic) bond motifs is 1. The van der Waals surface area contributed by atoms with E-state index in [4.69, 9.17) is 13.9 Å². The van der Waals surface area contributed by atoms with Gasteiger partial charge in [-0.05, 0) is 61.9 Å². The van der Waals surface area contributed by atoms with Crippen LogP contribution in [0.15, 0.2) is 77.4 Å². The van der Waals surface area contributed by atoms with Crippen molar-refractivity contribution in [3.63, 3.8) is 0 Å². The fourth-order valence-electron chi connectivity index (χ4n) is 2.85. The summed E-state index contributed by atoms with van der Waals surface area (Å²) in [5.41, 5.74) is 2.66. The van der Waals surface area contributed by atoms with Crippen molar-refractivity contribution >= 4 is 23.1 Å². The molecule has 0 spiro atoms. The molecule has 0 aliphatic carbocycles. The molecule has 2 aromatic carbocycles. The Balaban J connectivity index is 1.46. The van der Waals surface area contributed by atoms with Gasteiger partial charge in [0, 0.05) is 18.3 Å². The van der Waals surface area contributed by atoms with Crippen molar-refractivity contribution in [1.29, 1.82) is 0 Å². The second-order valence-electron chi connectivity index (χ2n) is 6.86. The van der Waals surface area contributed by atoms with Crippen LogP contribution in [-0.2, 0) is 4.79 Å². The van der Waals surface area contributed by atoms with E-state index in [-0.39, 0.29) is 6.10 Å². The van der Waals surface area contributed by atoms with Crippen LogP contribution in [0.3, 0.4) is 0 Å². The summed E-state index contributed by atoms with van der Waals surface area (Å²) in [5, 5.41) is 0. The Morgan fingerprint density at radius 1 is 1.03 bits per heavy atom.